The Hall–Kier alpha value is -1.62. The minimum absolute atomic E-state index is 0.165. The average molecular weight is 237 g/mol. The maximum atomic E-state index is 11.5. The summed E-state index contributed by atoms with van der Waals surface area (Å²) >= 11 is 0. The van der Waals surface area contributed by atoms with E-state index in [0.717, 1.165) is 18.5 Å². The van der Waals surface area contributed by atoms with Crippen LogP contribution in [-0.2, 0) is 4.74 Å². The van der Waals surface area contributed by atoms with Gasteiger partial charge in [0.2, 0.25) is 0 Å². The molecular formula is C12H15NO4. The lowest BCUT2D eigenvalue weighted by atomic mass is 10.1. The summed E-state index contributed by atoms with van der Waals surface area (Å²) in [6.07, 6.45) is 3.15. The molecule has 5 nitrogen and oxygen atoms in total. The first-order valence-electron chi connectivity index (χ1n) is 5.63. The zero-order valence-electron chi connectivity index (χ0n) is 9.68. The lowest BCUT2D eigenvalue weighted by Gasteiger charge is -2.26. The number of pyridine rings is 1. The van der Waals surface area contributed by atoms with Crippen LogP contribution in [0, 0.1) is 6.92 Å². The summed E-state index contributed by atoms with van der Waals surface area (Å²) in [7, 11) is 0. The number of aryl methyl sites for hydroxylation is 1. The predicted octanol–water partition coefficient (Wildman–Crippen LogP) is 1.21. The fourth-order valence-electron chi connectivity index (χ4n) is 2.16. The van der Waals surface area contributed by atoms with Crippen LogP contribution in [0.25, 0.3) is 0 Å². The van der Waals surface area contributed by atoms with Gasteiger partial charge in [-0.2, -0.15) is 0 Å². The number of aromatic nitrogens is 1. The molecule has 0 unspecified atom stereocenters. The highest BCUT2D eigenvalue weighted by molar-refractivity contribution is 5.87. The molecule has 0 saturated carbocycles. The second-order valence-corrected chi connectivity index (χ2v) is 4.25. The molecule has 1 aromatic heterocycles. The van der Waals surface area contributed by atoms with Crippen LogP contribution in [-0.4, -0.2) is 28.9 Å². The summed E-state index contributed by atoms with van der Waals surface area (Å²) in [6.45, 7) is 3.18. The van der Waals surface area contributed by atoms with Gasteiger partial charge in [0.1, 0.15) is 5.56 Å². The van der Waals surface area contributed by atoms with Crippen LogP contribution in [0.15, 0.2) is 17.1 Å². The number of rotatable bonds is 2. The van der Waals surface area contributed by atoms with E-state index in [9.17, 15) is 9.59 Å². The third kappa shape index (κ3) is 2.39. The Kier molecular flexibility index (Phi) is 3.28. The van der Waals surface area contributed by atoms with Gasteiger partial charge in [0, 0.05) is 37.2 Å². The van der Waals surface area contributed by atoms with Gasteiger partial charge in [0.15, 0.2) is 5.43 Å². The van der Waals surface area contributed by atoms with Gasteiger partial charge in [-0.15, -0.1) is 0 Å². The summed E-state index contributed by atoms with van der Waals surface area (Å²) in [5, 5.41) is 8.94. The smallest absolute Gasteiger partial charge is 0.341 e. The van der Waals surface area contributed by atoms with Crippen molar-refractivity contribution in [2.75, 3.05) is 13.2 Å². The molecule has 5 heteroatoms. The third-order valence-corrected chi connectivity index (χ3v) is 3.10. The molecule has 2 rings (SSSR count). The molecule has 17 heavy (non-hydrogen) atoms. The second kappa shape index (κ2) is 4.71. The SMILES string of the molecule is Cc1cc(=O)c(C(=O)O)cn1C1CCOCC1. The summed E-state index contributed by atoms with van der Waals surface area (Å²) in [5.74, 6) is -1.17. The Morgan fingerprint density at radius 1 is 1.47 bits per heavy atom. The molecule has 0 aromatic carbocycles. The molecule has 92 valence electrons. The van der Waals surface area contributed by atoms with Gasteiger partial charge in [-0.05, 0) is 19.8 Å². The minimum Gasteiger partial charge on any atom is -0.477 e. The summed E-state index contributed by atoms with van der Waals surface area (Å²) in [5.41, 5.74) is 0.201. The number of hydrogen-bond acceptors (Lipinski definition) is 3. The van der Waals surface area contributed by atoms with Crippen LogP contribution in [0.4, 0.5) is 0 Å². The van der Waals surface area contributed by atoms with E-state index in [2.05, 4.69) is 0 Å². The van der Waals surface area contributed by atoms with Crippen molar-refractivity contribution in [2.45, 2.75) is 25.8 Å². The normalized spacial score (nSPS) is 17.0. The molecule has 0 spiro atoms. The van der Waals surface area contributed by atoms with E-state index in [1.54, 1.807) is 0 Å². The molecule has 0 aliphatic carbocycles. The topological polar surface area (TPSA) is 68.5 Å². The van der Waals surface area contributed by atoms with Gasteiger partial charge in [-0.25, -0.2) is 4.79 Å². The Bertz CT molecular complexity index is 486. The third-order valence-electron chi connectivity index (χ3n) is 3.10. The summed E-state index contributed by atoms with van der Waals surface area (Å²) in [6, 6.07) is 1.61. The lowest BCUT2D eigenvalue weighted by Crippen LogP contribution is -2.25. The highest BCUT2D eigenvalue weighted by Crippen LogP contribution is 2.22. The van der Waals surface area contributed by atoms with Crippen molar-refractivity contribution >= 4 is 5.97 Å². The van der Waals surface area contributed by atoms with Gasteiger partial charge in [0.05, 0.1) is 0 Å². The van der Waals surface area contributed by atoms with Crippen LogP contribution >= 0.6 is 0 Å². The Morgan fingerprint density at radius 3 is 2.71 bits per heavy atom. The Morgan fingerprint density at radius 2 is 2.12 bits per heavy atom. The van der Waals surface area contributed by atoms with E-state index < -0.39 is 11.4 Å². The van der Waals surface area contributed by atoms with Gasteiger partial charge < -0.3 is 14.4 Å². The number of nitrogens with zero attached hydrogens (tertiary/aromatic N) is 1. The highest BCUT2D eigenvalue weighted by atomic mass is 16.5. The van der Waals surface area contributed by atoms with Crippen molar-refractivity contribution in [1.29, 1.82) is 0 Å². The van der Waals surface area contributed by atoms with Crippen molar-refractivity contribution in [3.05, 3.63) is 33.7 Å². The monoisotopic (exact) mass is 237 g/mol. The first kappa shape index (κ1) is 11.9. The number of ether oxygens (including phenoxy) is 1. The molecule has 0 amide bonds. The largest absolute Gasteiger partial charge is 0.477 e. The van der Waals surface area contributed by atoms with Crippen molar-refractivity contribution in [3.63, 3.8) is 0 Å². The second-order valence-electron chi connectivity index (χ2n) is 4.25. The van der Waals surface area contributed by atoms with Crippen molar-refractivity contribution in [2.24, 2.45) is 0 Å². The molecule has 1 aliphatic rings. The Balaban J connectivity index is 2.42. The fourth-order valence-corrected chi connectivity index (χ4v) is 2.16. The number of carboxylic acid groups (broad SMARTS) is 1. The zero-order chi connectivity index (χ0) is 12.4. The lowest BCUT2D eigenvalue weighted by molar-refractivity contribution is 0.0671. The summed E-state index contributed by atoms with van der Waals surface area (Å²) in [4.78, 5) is 22.4. The average Bonchev–Trinajstić information content (AvgIpc) is 2.29. The first-order valence-corrected chi connectivity index (χ1v) is 5.63. The van der Waals surface area contributed by atoms with E-state index in [-0.39, 0.29) is 11.6 Å². The molecule has 1 aliphatic heterocycles. The number of carbonyl (C=O) groups is 1. The van der Waals surface area contributed by atoms with E-state index in [1.165, 1.54) is 12.3 Å². The van der Waals surface area contributed by atoms with E-state index >= 15 is 0 Å². The molecule has 1 aromatic rings. The molecule has 1 saturated heterocycles. The predicted molar refractivity (Wildman–Crippen MR) is 61.5 cm³/mol. The molecule has 0 bridgehead atoms. The van der Waals surface area contributed by atoms with Gasteiger partial charge in [0.25, 0.3) is 0 Å². The van der Waals surface area contributed by atoms with Crippen LogP contribution in [0.5, 0.6) is 0 Å². The fraction of sp³-hybridized carbons (Fsp3) is 0.500. The van der Waals surface area contributed by atoms with Gasteiger partial charge in [-0.3, -0.25) is 4.79 Å². The highest BCUT2D eigenvalue weighted by Gasteiger charge is 2.19. The molecule has 0 radical (unpaired) electrons. The Labute approximate surface area is 98.6 Å². The van der Waals surface area contributed by atoms with Crippen LogP contribution < -0.4 is 5.43 Å². The van der Waals surface area contributed by atoms with Crippen molar-refractivity contribution in [3.8, 4) is 0 Å². The van der Waals surface area contributed by atoms with Crippen LogP contribution in [0.3, 0.4) is 0 Å². The maximum Gasteiger partial charge on any atom is 0.341 e. The zero-order valence-corrected chi connectivity index (χ0v) is 9.68. The first-order chi connectivity index (χ1) is 8.09. The van der Waals surface area contributed by atoms with Crippen LogP contribution in [0.2, 0.25) is 0 Å². The van der Waals surface area contributed by atoms with Gasteiger partial charge in [-0.1, -0.05) is 0 Å². The van der Waals surface area contributed by atoms with Gasteiger partial charge >= 0.3 is 5.97 Å². The maximum absolute atomic E-state index is 11.5. The standard InChI is InChI=1S/C12H15NO4/c1-8-6-11(14)10(12(15)16)7-13(8)9-2-4-17-5-3-9/h6-7,9H,2-5H2,1H3,(H,15,16). The van der Waals surface area contributed by atoms with E-state index in [0.29, 0.717) is 13.2 Å². The molecule has 1 N–H and O–H groups in total. The quantitative estimate of drug-likeness (QED) is 0.839. The molecule has 1 fully saturated rings. The molecule has 0 atom stereocenters. The van der Waals surface area contributed by atoms with E-state index in [4.69, 9.17) is 9.84 Å². The number of hydrogen-bond donors (Lipinski definition) is 1. The number of aromatic carboxylic acids is 1. The summed E-state index contributed by atoms with van der Waals surface area (Å²) < 4.78 is 7.15. The van der Waals surface area contributed by atoms with Crippen molar-refractivity contribution < 1.29 is 14.6 Å². The molecular weight excluding hydrogens is 222 g/mol. The number of carboxylic acids is 1. The minimum atomic E-state index is -1.17. The molecule has 2 heterocycles. The van der Waals surface area contributed by atoms with Crippen molar-refractivity contribution in [1.82, 2.24) is 4.57 Å². The van der Waals surface area contributed by atoms with Crippen LogP contribution in [0.1, 0.15) is 34.9 Å². The van der Waals surface area contributed by atoms with E-state index in [1.807, 2.05) is 11.5 Å².